The Morgan fingerprint density at radius 1 is 1.24 bits per heavy atom. The number of fused-ring (bicyclic) bond motifs is 1. The summed E-state index contributed by atoms with van der Waals surface area (Å²) >= 11 is 2.96. The minimum atomic E-state index is -0.0840. The molecular formula is C16H13N5O2S2. The second kappa shape index (κ2) is 7.08. The van der Waals surface area contributed by atoms with Crippen LogP contribution in [-0.2, 0) is 12.3 Å². The van der Waals surface area contributed by atoms with Gasteiger partial charge in [0.2, 0.25) is 5.13 Å². The fourth-order valence-electron chi connectivity index (χ4n) is 2.23. The molecule has 0 bridgehead atoms. The Kier molecular flexibility index (Phi) is 4.49. The molecule has 9 heteroatoms. The van der Waals surface area contributed by atoms with E-state index in [0.29, 0.717) is 17.9 Å². The fraction of sp³-hybridized carbons (Fsp3) is 0.125. The molecule has 0 aromatic carbocycles. The van der Waals surface area contributed by atoms with Crippen molar-refractivity contribution in [2.45, 2.75) is 16.6 Å². The van der Waals surface area contributed by atoms with Crippen molar-refractivity contribution < 1.29 is 4.42 Å². The van der Waals surface area contributed by atoms with Crippen LogP contribution < -0.4 is 10.9 Å². The van der Waals surface area contributed by atoms with Gasteiger partial charge in [-0.15, -0.1) is 10.2 Å². The molecule has 0 spiro atoms. The van der Waals surface area contributed by atoms with Crippen molar-refractivity contribution in [3.05, 3.63) is 70.7 Å². The lowest BCUT2D eigenvalue weighted by Crippen LogP contribution is -2.14. The third-order valence-corrected chi connectivity index (χ3v) is 5.42. The van der Waals surface area contributed by atoms with E-state index in [1.165, 1.54) is 27.5 Å². The molecule has 0 radical (unpaired) electrons. The molecular weight excluding hydrogens is 358 g/mol. The standard InChI is InChI=1S/C16H13N5O2S2/c22-14-8-11(18-13-5-1-2-6-21(13)14)10-24-16-20-19-15(25-16)17-9-12-4-3-7-23-12/h1-8H,9-10H2,(H,17,19). The van der Waals surface area contributed by atoms with E-state index < -0.39 is 0 Å². The molecule has 126 valence electrons. The van der Waals surface area contributed by atoms with Gasteiger partial charge in [0.15, 0.2) is 4.34 Å². The number of nitrogens with one attached hydrogen (secondary N) is 1. The summed E-state index contributed by atoms with van der Waals surface area (Å²) in [5.74, 6) is 1.40. The van der Waals surface area contributed by atoms with E-state index in [1.807, 2.05) is 30.3 Å². The molecule has 7 nitrogen and oxygen atoms in total. The summed E-state index contributed by atoms with van der Waals surface area (Å²) in [6.07, 6.45) is 3.35. The zero-order valence-electron chi connectivity index (χ0n) is 13.0. The molecule has 1 N–H and O–H groups in total. The van der Waals surface area contributed by atoms with Crippen molar-refractivity contribution in [3.8, 4) is 0 Å². The first-order chi connectivity index (χ1) is 12.3. The van der Waals surface area contributed by atoms with Crippen molar-refractivity contribution in [1.29, 1.82) is 0 Å². The minimum absolute atomic E-state index is 0.0840. The Labute approximate surface area is 150 Å². The summed E-state index contributed by atoms with van der Waals surface area (Å²) in [6, 6.07) is 10.8. The number of pyridine rings is 1. The second-order valence-electron chi connectivity index (χ2n) is 5.11. The van der Waals surface area contributed by atoms with Crippen LogP contribution in [0.15, 0.2) is 62.4 Å². The van der Waals surface area contributed by atoms with Crippen molar-refractivity contribution in [2.75, 3.05) is 5.32 Å². The van der Waals surface area contributed by atoms with E-state index in [0.717, 1.165) is 20.9 Å². The van der Waals surface area contributed by atoms with E-state index >= 15 is 0 Å². The maximum Gasteiger partial charge on any atom is 0.258 e. The van der Waals surface area contributed by atoms with Gasteiger partial charge in [-0.25, -0.2) is 4.98 Å². The molecule has 25 heavy (non-hydrogen) atoms. The summed E-state index contributed by atoms with van der Waals surface area (Å²) in [7, 11) is 0. The first kappa shape index (κ1) is 15.9. The summed E-state index contributed by atoms with van der Waals surface area (Å²) in [6.45, 7) is 0.565. The van der Waals surface area contributed by atoms with Gasteiger partial charge in [0, 0.05) is 18.0 Å². The van der Waals surface area contributed by atoms with Gasteiger partial charge < -0.3 is 9.73 Å². The molecule has 0 aliphatic carbocycles. The predicted octanol–water partition coefficient (Wildman–Crippen LogP) is 3.04. The Bertz CT molecular complexity index is 1040. The van der Waals surface area contributed by atoms with Crippen LogP contribution in [0.2, 0.25) is 0 Å². The monoisotopic (exact) mass is 371 g/mol. The van der Waals surface area contributed by atoms with Crippen LogP contribution in [-0.4, -0.2) is 19.6 Å². The van der Waals surface area contributed by atoms with Crippen LogP contribution in [0.3, 0.4) is 0 Å². The molecule has 0 fully saturated rings. The predicted molar refractivity (Wildman–Crippen MR) is 97.0 cm³/mol. The summed E-state index contributed by atoms with van der Waals surface area (Å²) in [5, 5.41) is 12.1. The highest BCUT2D eigenvalue weighted by Gasteiger charge is 2.08. The van der Waals surface area contributed by atoms with Gasteiger partial charge in [-0.05, 0) is 24.3 Å². The van der Waals surface area contributed by atoms with Crippen molar-refractivity contribution in [2.24, 2.45) is 0 Å². The highest BCUT2D eigenvalue weighted by Crippen LogP contribution is 2.28. The molecule has 0 atom stereocenters. The Hall–Kier alpha value is -2.65. The number of aromatic nitrogens is 4. The molecule has 0 aliphatic rings. The van der Waals surface area contributed by atoms with Crippen LogP contribution in [0.5, 0.6) is 0 Å². The number of hydrogen-bond acceptors (Lipinski definition) is 8. The molecule has 4 rings (SSSR count). The molecule has 0 amide bonds. The Balaban J connectivity index is 1.41. The molecule has 0 saturated heterocycles. The van der Waals surface area contributed by atoms with Gasteiger partial charge in [0.1, 0.15) is 11.4 Å². The lowest BCUT2D eigenvalue weighted by molar-refractivity contribution is 0.518. The number of hydrogen-bond donors (Lipinski definition) is 1. The van der Waals surface area contributed by atoms with E-state index in [-0.39, 0.29) is 5.56 Å². The average Bonchev–Trinajstić information content (AvgIpc) is 3.30. The molecule has 4 aromatic heterocycles. The van der Waals surface area contributed by atoms with E-state index in [4.69, 9.17) is 4.42 Å². The second-order valence-corrected chi connectivity index (χ2v) is 7.31. The highest BCUT2D eigenvalue weighted by atomic mass is 32.2. The molecule has 0 unspecified atom stereocenters. The zero-order chi connectivity index (χ0) is 17.1. The van der Waals surface area contributed by atoms with Crippen LogP contribution >= 0.6 is 23.1 Å². The smallest absolute Gasteiger partial charge is 0.258 e. The molecule has 4 aromatic rings. The largest absolute Gasteiger partial charge is 0.467 e. The van der Waals surface area contributed by atoms with Gasteiger partial charge in [-0.1, -0.05) is 29.2 Å². The van der Waals surface area contributed by atoms with E-state index in [1.54, 1.807) is 18.5 Å². The normalized spacial score (nSPS) is 11.0. The molecule has 4 heterocycles. The lowest BCUT2D eigenvalue weighted by Gasteiger charge is -2.02. The fourth-order valence-corrected chi connectivity index (χ4v) is 3.87. The quantitative estimate of drug-likeness (QED) is 0.521. The van der Waals surface area contributed by atoms with Crippen molar-refractivity contribution >= 4 is 33.9 Å². The van der Waals surface area contributed by atoms with Gasteiger partial charge in [-0.3, -0.25) is 9.20 Å². The Morgan fingerprint density at radius 2 is 2.20 bits per heavy atom. The number of anilines is 1. The highest BCUT2D eigenvalue weighted by molar-refractivity contribution is 8.00. The third-order valence-electron chi connectivity index (χ3n) is 3.37. The van der Waals surface area contributed by atoms with Crippen LogP contribution in [0, 0.1) is 0 Å². The zero-order valence-corrected chi connectivity index (χ0v) is 14.6. The van der Waals surface area contributed by atoms with Crippen molar-refractivity contribution in [1.82, 2.24) is 19.6 Å². The van der Waals surface area contributed by atoms with Gasteiger partial charge in [0.25, 0.3) is 5.56 Å². The van der Waals surface area contributed by atoms with E-state index in [2.05, 4.69) is 20.5 Å². The summed E-state index contributed by atoms with van der Waals surface area (Å²) in [5.41, 5.74) is 1.28. The number of thioether (sulfide) groups is 1. The number of furan rings is 1. The van der Waals surface area contributed by atoms with E-state index in [9.17, 15) is 4.79 Å². The molecule has 0 saturated carbocycles. The summed E-state index contributed by atoms with van der Waals surface area (Å²) < 4.78 is 7.60. The number of rotatable bonds is 6. The van der Waals surface area contributed by atoms with Crippen LogP contribution in [0.25, 0.3) is 5.65 Å². The first-order valence-corrected chi connectivity index (χ1v) is 9.28. The van der Waals surface area contributed by atoms with Crippen molar-refractivity contribution in [3.63, 3.8) is 0 Å². The van der Waals surface area contributed by atoms with Crippen LogP contribution in [0.1, 0.15) is 11.5 Å². The maximum atomic E-state index is 12.1. The maximum absolute atomic E-state index is 12.1. The molecule has 0 aliphatic heterocycles. The third kappa shape index (κ3) is 3.72. The number of nitrogens with zero attached hydrogens (tertiary/aromatic N) is 4. The topological polar surface area (TPSA) is 85.3 Å². The summed E-state index contributed by atoms with van der Waals surface area (Å²) in [4.78, 5) is 16.6. The van der Waals surface area contributed by atoms with Crippen LogP contribution in [0.4, 0.5) is 5.13 Å². The lowest BCUT2D eigenvalue weighted by atomic mass is 10.4. The van der Waals surface area contributed by atoms with Gasteiger partial charge in [0.05, 0.1) is 18.5 Å². The Morgan fingerprint density at radius 3 is 3.08 bits per heavy atom. The SMILES string of the molecule is O=c1cc(CSc2nnc(NCc3ccco3)s2)nc2ccccn12. The van der Waals surface area contributed by atoms with Gasteiger partial charge in [-0.2, -0.15) is 0 Å². The first-order valence-electron chi connectivity index (χ1n) is 7.48. The average molecular weight is 371 g/mol. The minimum Gasteiger partial charge on any atom is -0.467 e. The van der Waals surface area contributed by atoms with Gasteiger partial charge >= 0.3 is 0 Å².